The number of aromatic nitrogens is 1. The van der Waals surface area contributed by atoms with E-state index >= 15 is 0 Å². The first-order chi connectivity index (χ1) is 21.3. The summed E-state index contributed by atoms with van der Waals surface area (Å²) in [4.78, 5) is 33.7. The van der Waals surface area contributed by atoms with Gasteiger partial charge >= 0.3 is 0 Å². The third-order valence-corrected chi connectivity index (χ3v) is 11.0. The van der Waals surface area contributed by atoms with Crippen LogP contribution in [0.5, 0.6) is 0 Å². The molecule has 1 fully saturated rings. The summed E-state index contributed by atoms with van der Waals surface area (Å²) in [6, 6.07) is 22.6. The van der Waals surface area contributed by atoms with Gasteiger partial charge in [0.15, 0.2) is 0 Å². The minimum atomic E-state index is -0.187. The summed E-state index contributed by atoms with van der Waals surface area (Å²) in [6.07, 6.45) is 6.42. The van der Waals surface area contributed by atoms with Crippen molar-refractivity contribution in [2.45, 2.75) is 44.3 Å². The fourth-order valence-corrected chi connectivity index (χ4v) is 7.95. The Morgan fingerprint density at radius 1 is 0.818 bits per heavy atom. The van der Waals surface area contributed by atoms with Crippen molar-refractivity contribution in [3.8, 4) is 11.1 Å². The van der Waals surface area contributed by atoms with E-state index < -0.39 is 0 Å². The monoisotopic (exact) mass is 681 g/mol. The normalized spacial score (nSPS) is 16.5. The molecule has 6 rings (SSSR count). The van der Waals surface area contributed by atoms with Gasteiger partial charge in [-0.1, -0.05) is 82.8 Å². The lowest BCUT2D eigenvalue weighted by Gasteiger charge is -2.37. The number of benzene rings is 3. The first-order valence-corrected chi connectivity index (χ1v) is 16.5. The van der Waals surface area contributed by atoms with Crippen molar-refractivity contribution >= 4 is 79.6 Å². The Hall–Kier alpha value is -3.13. The van der Waals surface area contributed by atoms with Gasteiger partial charge in [-0.25, -0.2) is 0 Å². The number of carbonyl (C=O) groups excluding carboxylic acids is 2. The summed E-state index contributed by atoms with van der Waals surface area (Å²) in [7, 11) is 0. The Morgan fingerprint density at radius 2 is 1.57 bits per heavy atom. The van der Waals surface area contributed by atoms with E-state index in [0.29, 0.717) is 47.2 Å². The first kappa shape index (κ1) is 30.9. The number of hydrogen-bond donors (Lipinski definition) is 1. The van der Waals surface area contributed by atoms with Crippen LogP contribution in [0.3, 0.4) is 0 Å². The van der Waals surface area contributed by atoms with E-state index in [1.54, 1.807) is 48.8 Å². The smallest absolute Gasteiger partial charge is 0.266 e. The molecule has 1 aliphatic carbocycles. The lowest BCUT2D eigenvalue weighted by Crippen LogP contribution is -2.46. The molecule has 1 N–H and O–H groups in total. The first-order valence-electron chi connectivity index (χ1n) is 14.2. The zero-order valence-electron chi connectivity index (χ0n) is 23.4. The largest absolute Gasteiger partial charge is 0.349 e. The number of rotatable bonds is 7. The van der Waals surface area contributed by atoms with Gasteiger partial charge in [-0.05, 0) is 78.8 Å². The lowest BCUT2D eigenvalue weighted by atomic mass is 9.89. The zero-order valence-corrected chi connectivity index (χ0v) is 27.2. The van der Waals surface area contributed by atoms with Crippen LogP contribution in [0.25, 0.3) is 21.2 Å². The van der Waals surface area contributed by atoms with E-state index in [9.17, 15) is 9.59 Å². The van der Waals surface area contributed by atoms with Gasteiger partial charge in [-0.3, -0.25) is 14.6 Å². The number of fused-ring (bicyclic) bond motifs is 1. The van der Waals surface area contributed by atoms with Crippen molar-refractivity contribution < 1.29 is 9.59 Å². The molecule has 1 saturated carbocycles. The highest BCUT2D eigenvalue weighted by molar-refractivity contribution is 7.22. The second-order valence-electron chi connectivity index (χ2n) is 10.8. The highest BCUT2D eigenvalue weighted by Gasteiger charge is 2.33. The number of carbonyl (C=O) groups is 2. The third kappa shape index (κ3) is 6.46. The Bertz CT molecular complexity index is 1840. The van der Waals surface area contributed by atoms with Crippen LogP contribution in [-0.2, 0) is 6.54 Å². The van der Waals surface area contributed by atoms with Gasteiger partial charge in [0.05, 0.1) is 30.4 Å². The van der Waals surface area contributed by atoms with E-state index in [4.69, 9.17) is 46.4 Å². The number of pyridine rings is 1. The minimum Gasteiger partial charge on any atom is -0.349 e. The third-order valence-electron chi connectivity index (χ3n) is 8.03. The van der Waals surface area contributed by atoms with Crippen LogP contribution in [0.15, 0.2) is 85.2 Å². The molecule has 0 atom stereocenters. The molecule has 0 spiro atoms. The van der Waals surface area contributed by atoms with Crippen molar-refractivity contribution in [2.75, 3.05) is 0 Å². The molecule has 5 aromatic rings. The number of amides is 2. The summed E-state index contributed by atoms with van der Waals surface area (Å²) < 4.78 is 0.693. The summed E-state index contributed by atoms with van der Waals surface area (Å²) in [5.74, 6) is -0.339. The van der Waals surface area contributed by atoms with Crippen molar-refractivity contribution in [3.05, 3.63) is 121 Å². The van der Waals surface area contributed by atoms with Crippen molar-refractivity contribution in [2.24, 2.45) is 0 Å². The molecule has 10 heteroatoms. The summed E-state index contributed by atoms with van der Waals surface area (Å²) in [5, 5.41) is 5.45. The molecule has 1 aliphatic rings. The molecule has 2 aromatic heterocycles. The Kier molecular flexibility index (Phi) is 9.45. The van der Waals surface area contributed by atoms with Gasteiger partial charge in [-0.2, -0.15) is 0 Å². The van der Waals surface area contributed by atoms with E-state index in [0.717, 1.165) is 42.4 Å². The maximum atomic E-state index is 14.4. The fraction of sp³-hybridized carbons (Fsp3) is 0.206. The molecule has 0 radical (unpaired) electrons. The Balaban J connectivity index is 1.27. The SMILES string of the molecule is O=C(NC1CCC(N(Cc2cccc(-c3ccncc3)c2)C(=O)c2sc3c(Cl)c(Cl)ccc3c2Cl)CC1)c1ccccc1Cl. The van der Waals surface area contributed by atoms with Gasteiger partial charge in [0, 0.05) is 36.4 Å². The second-order valence-corrected chi connectivity index (χ2v) is 13.4. The standard InChI is InChI=1S/C34H27Cl4N3O2S/c35-27-7-2-1-6-25(27)33(42)40-23-8-10-24(11-9-23)41(19-20-4-3-5-22(18-20)21-14-16-39-17-15-21)34(43)32-29(37)26-12-13-28(36)30(38)31(26)44-32/h1-7,12-18,23-24H,8-11,19H2,(H,40,42). The van der Waals surface area contributed by atoms with Crippen LogP contribution in [-0.4, -0.2) is 33.8 Å². The van der Waals surface area contributed by atoms with Crippen molar-refractivity contribution in [3.63, 3.8) is 0 Å². The van der Waals surface area contributed by atoms with Gasteiger partial charge in [0.25, 0.3) is 11.8 Å². The average Bonchev–Trinajstić information content (AvgIpc) is 3.39. The average molecular weight is 683 g/mol. The van der Waals surface area contributed by atoms with Gasteiger partial charge < -0.3 is 10.2 Å². The van der Waals surface area contributed by atoms with Gasteiger partial charge in [0.1, 0.15) is 4.88 Å². The van der Waals surface area contributed by atoms with Crippen LogP contribution < -0.4 is 5.32 Å². The topological polar surface area (TPSA) is 62.3 Å². The van der Waals surface area contributed by atoms with Crippen molar-refractivity contribution in [1.82, 2.24) is 15.2 Å². The lowest BCUT2D eigenvalue weighted by molar-refractivity contribution is 0.0597. The maximum Gasteiger partial charge on any atom is 0.266 e. The highest BCUT2D eigenvalue weighted by Crippen LogP contribution is 2.43. The van der Waals surface area contributed by atoms with Crippen LogP contribution in [0.1, 0.15) is 51.3 Å². The molecule has 224 valence electrons. The van der Waals surface area contributed by atoms with E-state index in [1.807, 2.05) is 35.2 Å². The predicted molar refractivity (Wildman–Crippen MR) is 181 cm³/mol. The highest BCUT2D eigenvalue weighted by atomic mass is 35.5. The number of nitrogens with one attached hydrogen (secondary N) is 1. The van der Waals surface area contributed by atoms with Crippen LogP contribution in [0.2, 0.25) is 20.1 Å². The number of nitrogens with zero attached hydrogens (tertiary/aromatic N) is 2. The second kappa shape index (κ2) is 13.5. The van der Waals surface area contributed by atoms with Crippen LogP contribution in [0, 0.1) is 0 Å². The summed E-state index contributed by atoms with van der Waals surface area (Å²) >= 11 is 27.1. The predicted octanol–water partition coefficient (Wildman–Crippen LogP) is 9.96. The Labute approximate surface area is 279 Å². The number of hydrogen-bond acceptors (Lipinski definition) is 4. The number of halogens is 4. The molecule has 0 bridgehead atoms. The minimum absolute atomic E-state index is 0.0177. The van der Waals surface area contributed by atoms with Gasteiger partial charge in [0.2, 0.25) is 0 Å². The molecule has 2 amide bonds. The number of thiophene rings is 1. The van der Waals surface area contributed by atoms with E-state index in [-0.39, 0.29) is 23.9 Å². The van der Waals surface area contributed by atoms with E-state index in [2.05, 4.69) is 16.4 Å². The van der Waals surface area contributed by atoms with Gasteiger partial charge in [-0.15, -0.1) is 11.3 Å². The molecule has 0 saturated heterocycles. The molecule has 3 aromatic carbocycles. The summed E-state index contributed by atoms with van der Waals surface area (Å²) in [6.45, 7) is 0.401. The molecule has 0 aliphatic heterocycles. The maximum absolute atomic E-state index is 14.4. The fourth-order valence-electron chi connectivity index (χ4n) is 5.74. The molecule has 2 heterocycles. The van der Waals surface area contributed by atoms with E-state index in [1.165, 1.54) is 11.3 Å². The quantitative estimate of drug-likeness (QED) is 0.186. The summed E-state index contributed by atoms with van der Waals surface area (Å²) in [5.41, 5.74) is 3.55. The Morgan fingerprint density at radius 3 is 2.32 bits per heavy atom. The van der Waals surface area contributed by atoms with Crippen molar-refractivity contribution in [1.29, 1.82) is 0 Å². The molecule has 0 unspecified atom stereocenters. The molecule has 44 heavy (non-hydrogen) atoms. The molecular formula is C34H27Cl4N3O2S. The molecule has 5 nitrogen and oxygen atoms in total. The molecular weight excluding hydrogens is 656 g/mol. The zero-order chi connectivity index (χ0) is 30.8. The van der Waals surface area contributed by atoms with Crippen LogP contribution in [0.4, 0.5) is 0 Å². The van der Waals surface area contributed by atoms with Crippen LogP contribution >= 0.6 is 57.7 Å².